The maximum Gasteiger partial charge on any atom is 0.124 e. The molecule has 3 nitrogen and oxygen atoms in total. The van der Waals surface area contributed by atoms with E-state index in [4.69, 9.17) is 10.5 Å². The van der Waals surface area contributed by atoms with Crippen LogP contribution in [0.5, 0.6) is 5.75 Å². The third kappa shape index (κ3) is 3.84. The molecule has 112 valence electrons. The molecule has 2 aromatic rings. The van der Waals surface area contributed by atoms with Gasteiger partial charge in [0.15, 0.2) is 0 Å². The molecule has 2 atom stereocenters. The van der Waals surface area contributed by atoms with Gasteiger partial charge in [0.2, 0.25) is 0 Å². The number of rotatable bonds is 5. The Labute approximate surface area is 126 Å². The maximum atomic E-state index is 10.6. The molecule has 0 fully saturated rings. The molecule has 0 radical (unpaired) electrons. The Morgan fingerprint density at radius 1 is 1.19 bits per heavy atom. The fraction of sp³-hybridized carbons (Fsp3) is 0.333. The number of nitrogens with two attached hydrogens (primary N) is 1. The number of hydrogen-bond acceptors (Lipinski definition) is 3. The van der Waals surface area contributed by atoms with E-state index in [0.717, 1.165) is 22.4 Å². The highest BCUT2D eigenvalue weighted by Gasteiger charge is 2.24. The lowest BCUT2D eigenvalue weighted by atomic mass is 9.97. The van der Waals surface area contributed by atoms with Crippen LogP contribution in [0, 0.1) is 6.92 Å². The van der Waals surface area contributed by atoms with Gasteiger partial charge in [0.05, 0.1) is 0 Å². The van der Waals surface area contributed by atoms with Gasteiger partial charge < -0.3 is 15.6 Å². The van der Waals surface area contributed by atoms with Gasteiger partial charge in [-0.1, -0.05) is 48.0 Å². The van der Waals surface area contributed by atoms with Crippen molar-refractivity contribution < 1.29 is 9.84 Å². The third-order valence-electron chi connectivity index (χ3n) is 3.56. The Bertz CT molecular complexity index is 591. The van der Waals surface area contributed by atoms with Crippen molar-refractivity contribution in [2.45, 2.75) is 32.4 Å². The average molecular weight is 285 g/mol. The Morgan fingerprint density at radius 2 is 1.86 bits per heavy atom. The van der Waals surface area contributed by atoms with E-state index in [1.165, 1.54) is 0 Å². The second kappa shape index (κ2) is 6.29. The molecule has 0 saturated heterocycles. The molecule has 2 aromatic carbocycles. The monoisotopic (exact) mass is 285 g/mol. The first-order chi connectivity index (χ1) is 9.90. The first-order valence-corrected chi connectivity index (χ1v) is 7.17. The summed E-state index contributed by atoms with van der Waals surface area (Å²) in [6, 6.07) is 15.3. The molecule has 21 heavy (non-hydrogen) atoms. The van der Waals surface area contributed by atoms with Gasteiger partial charge in [0, 0.05) is 11.6 Å². The van der Waals surface area contributed by atoms with Crippen LogP contribution in [0.25, 0.3) is 0 Å². The highest BCUT2D eigenvalue weighted by molar-refractivity contribution is 5.39. The van der Waals surface area contributed by atoms with Gasteiger partial charge in [0.1, 0.15) is 18.0 Å². The van der Waals surface area contributed by atoms with Crippen LogP contribution in [0.15, 0.2) is 48.5 Å². The normalized spacial score (nSPS) is 15.3. The second-order valence-electron chi connectivity index (χ2n) is 5.76. The van der Waals surface area contributed by atoms with Crippen molar-refractivity contribution in [1.29, 1.82) is 0 Å². The van der Waals surface area contributed by atoms with E-state index in [9.17, 15) is 5.11 Å². The zero-order valence-corrected chi connectivity index (χ0v) is 12.8. The highest BCUT2D eigenvalue weighted by atomic mass is 16.5. The van der Waals surface area contributed by atoms with E-state index in [1.54, 1.807) is 6.92 Å². The molecule has 0 amide bonds. The maximum absolute atomic E-state index is 10.6. The summed E-state index contributed by atoms with van der Waals surface area (Å²) >= 11 is 0. The molecule has 0 bridgehead atoms. The fourth-order valence-corrected chi connectivity index (χ4v) is 2.25. The first kappa shape index (κ1) is 15.5. The molecular formula is C18H23NO2. The highest BCUT2D eigenvalue weighted by Crippen LogP contribution is 2.28. The van der Waals surface area contributed by atoms with Crippen molar-refractivity contribution in [2.24, 2.45) is 5.73 Å². The SMILES string of the molecule is Cc1ccc(OCC(C)(O)c2ccccc2)c([C@H](C)N)c1. The van der Waals surface area contributed by atoms with Crippen molar-refractivity contribution in [2.75, 3.05) is 6.61 Å². The van der Waals surface area contributed by atoms with E-state index < -0.39 is 5.60 Å². The molecular weight excluding hydrogens is 262 g/mol. The summed E-state index contributed by atoms with van der Waals surface area (Å²) in [6.45, 7) is 5.88. The van der Waals surface area contributed by atoms with Crippen LogP contribution < -0.4 is 10.5 Å². The molecule has 0 aliphatic heterocycles. The van der Waals surface area contributed by atoms with Gasteiger partial charge >= 0.3 is 0 Å². The average Bonchev–Trinajstić information content (AvgIpc) is 2.47. The Balaban J connectivity index is 2.16. The first-order valence-electron chi connectivity index (χ1n) is 7.17. The van der Waals surface area contributed by atoms with Gasteiger partial charge in [0.25, 0.3) is 0 Å². The summed E-state index contributed by atoms with van der Waals surface area (Å²) in [7, 11) is 0. The van der Waals surface area contributed by atoms with Gasteiger partial charge in [-0.2, -0.15) is 0 Å². The number of aryl methyl sites for hydroxylation is 1. The second-order valence-corrected chi connectivity index (χ2v) is 5.76. The minimum atomic E-state index is -1.04. The fourth-order valence-electron chi connectivity index (χ4n) is 2.25. The van der Waals surface area contributed by atoms with Crippen LogP contribution in [-0.2, 0) is 5.60 Å². The summed E-state index contributed by atoms with van der Waals surface area (Å²) in [6.07, 6.45) is 0. The van der Waals surface area contributed by atoms with Crippen LogP contribution >= 0.6 is 0 Å². The predicted octanol–water partition coefficient (Wildman–Crippen LogP) is 3.30. The number of aliphatic hydroxyl groups is 1. The molecule has 3 heteroatoms. The smallest absolute Gasteiger partial charge is 0.124 e. The summed E-state index contributed by atoms with van der Waals surface area (Å²) in [5.41, 5.74) is 7.88. The molecule has 3 N–H and O–H groups in total. The molecule has 2 rings (SSSR count). The van der Waals surface area contributed by atoms with Gasteiger partial charge in [-0.05, 0) is 32.4 Å². The van der Waals surface area contributed by atoms with Crippen LogP contribution in [0.4, 0.5) is 0 Å². The Morgan fingerprint density at radius 3 is 2.48 bits per heavy atom. The van der Waals surface area contributed by atoms with E-state index in [2.05, 4.69) is 0 Å². The Hall–Kier alpha value is -1.84. The van der Waals surface area contributed by atoms with Gasteiger partial charge in [-0.15, -0.1) is 0 Å². The van der Waals surface area contributed by atoms with Crippen LogP contribution in [-0.4, -0.2) is 11.7 Å². The van der Waals surface area contributed by atoms with Crippen molar-refractivity contribution in [1.82, 2.24) is 0 Å². The summed E-state index contributed by atoms with van der Waals surface area (Å²) in [5.74, 6) is 0.729. The summed E-state index contributed by atoms with van der Waals surface area (Å²) in [5, 5.41) is 10.6. The molecule has 1 unspecified atom stereocenters. The lowest BCUT2D eigenvalue weighted by Gasteiger charge is -2.25. The summed E-state index contributed by atoms with van der Waals surface area (Å²) in [4.78, 5) is 0. The topological polar surface area (TPSA) is 55.5 Å². The minimum absolute atomic E-state index is 0.110. The van der Waals surface area contributed by atoms with Crippen molar-refractivity contribution in [3.05, 3.63) is 65.2 Å². The van der Waals surface area contributed by atoms with Crippen LogP contribution in [0.1, 0.15) is 36.6 Å². The van der Waals surface area contributed by atoms with E-state index >= 15 is 0 Å². The lowest BCUT2D eigenvalue weighted by Crippen LogP contribution is -2.29. The number of ether oxygens (including phenoxy) is 1. The van der Waals surface area contributed by atoms with E-state index in [0.29, 0.717) is 0 Å². The largest absolute Gasteiger partial charge is 0.490 e. The van der Waals surface area contributed by atoms with E-state index in [1.807, 2.05) is 62.4 Å². The van der Waals surface area contributed by atoms with Crippen LogP contribution in [0.2, 0.25) is 0 Å². The minimum Gasteiger partial charge on any atom is -0.490 e. The molecule has 0 aliphatic carbocycles. The molecule has 0 spiro atoms. The Kier molecular flexibility index (Phi) is 4.66. The molecule has 0 saturated carbocycles. The molecule has 0 heterocycles. The number of benzene rings is 2. The predicted molar refractivity (Wildman–Crippen MR) is 85.3 cm³/mol. The zero-order valence-electron chi connectivity index (χ0n) is 12.8. The van der Waals surface area contributed by atoms with Crippen molar-refractivity contribution >= 4 is 0 Å². The quantitative estimate of drug-likeness (QED) is 0.886. The molecule has 0 aromatic heterocycles. The number of hydrogen-bond donors (Lipinski definition) is 2. The van der Waals surface area contributed by atoms with Crippen molar-refractivity contribution in [3.8, 4) is 5.75 Å². The third-order valence-corrected chi connectivity index (χ3v) is 3.56. The standard InChI is InChI=1S/C18H23NO2/c1-13-9-10-17(16(11-13)14(2)19)21-12-18(3,20)15-7-5-4-6-8-15/h4-11,14,20H,12,19H2,1-3H3/t14-,18?/m0/s1. The molecule has 0 aliphatic rings. The van der Waals surface area contributed by atoms with Crippen LogP contribution in [0.3, 0.4) is 0 Å². The lowest BCUT2D eigenvalue weighted by molar-refractivity contribution is 0.00721. The zero-order chi connectivity index (χ0) is 15.5. The van der Waals surface area contributed by atoms with Gasteiger partial charge in [-0.3, -0.25) is 0 Å². The summed E-state index contributed by atoms with van der Waals surface area (Å²) < 4.78 is 5.84. The van der Waals surface area contributed by atoms with Crippen molar-refractivity contribution in [3.63, 3.8) is 0 Å². The van der Waals surface area contributed by atoms with Gasteiger partial charge in [-0.25, -0.2) is 0 Å². The van der Waals surface area contributed by atoms with E-state index in [-0.39, 0.29) is 12.6 Å².